The Kier molecular flexibility index (Phi) is 5.19. The molecule has 32 heavy (non-hydrogen) atoms. The van der Waals surface area contributed by atoms with Gasteiger partial charge in [-0.1, -0.05) is 25.0 Å². The molecule has 4 heterocycles. The highest BCUT2D eigenvalue weighted by Crippen LogP contribution is 2.35. The topological polar surface area (TPSA) is 63.9 Å². The van der Waals surface area contributed by atoms with E-state index in [9.17, 15) is 18.0 Å². The molecular formula is C23H22F3N5O. The van der Waals surface area contributed by atoms with Crippen LogP contribution < -0.4 is 0 Å². The standard InChI is InChI=1S/C23H22F3N5O/c24-23(25,26)14-31-20-12-19(22(32)30-10-3-1-2-4-11-30)28-13-17(20)21(29-31)16-7-8-18-15(16)6-5-9-27-18/h5-7,9,12-13H,1-4,8,10-11,14H2. The van der Waals surface area contributed by atoms with Gasteiger partial charge in [-0.2, -0.15) is 18.3 Å². The number of nitrogens with zero attached hydrogens (tertiary/aromatic N) is 5. The second-order valence-electron chi connectivity index (χ2n) is 8.23. The number of fused-ring (bicyclic) bond motifs is 2. The third-order valence-corrected chi connectivity index (χ3v) is 6.01. The number of halogens is 3. The normalized spacial score (nSPS) is 16.7. The smallest absolute Gasteiger partial charge is 0.337 e. The monoisotopic (exact) mass is 441 g/mol. The van der Waals surface area contributed by atoms with Gasteiger partial charge in [0.15, 0.2) is 0 Å². The first-order chi connectivity index (χ1) is 15.4. The van der Waals surface area contributed by atoms with Gasteiger partial charge in [-0.15, -0.1) is 0 Å². The molecule has 1 fully saturated rings. The molecule has 0 bridgehead atoms. The van der Waals surface area contributed by atoms with Gasteiger partial charge >= 0.3 is 6.18 Å². The fourth-order valence-electron chi connectivity index (χ4n) is 4.49. The molecule has 0 radical (unpaired) electrons. The Morgan fingerprint density at radius 2 is 1.88 bits per heavy atom. The molecule has 1 saturated heterocycles. The largest absolute Gasteiger partial charge is 0.408 e. The molecule has 0 aromatic carbocycles. The van der Waals surface area contributed by atoms with Crippen molar-refractivity contribution in [3.05, 3.63) is 59.3 Å². The lowest BCUT2D eigenvalue weighted by Gasteiger charge is -2.19. The molecule has 1 amide bonds. The molecular weight excluding hydrogens is 419 g/mol. The lowest BCUT2D eigenvalue weighted by atomic mass is 10.0. The van der Waals surface area contributed by atoms with Crippen molar-refractivity contribution in [3.8, 4) is 0 Å². The number of alkyl halides is 3. The summed E-state index contributed by atoms with van der Waals surface area (Å²) in [6.45, 7) is 0.0442. The van der Waals surface area contributed by atoms with E-state index in [4.69, 9.17) is 0 Å². The summed E-state index contributed by atoms with van der Waals surface area (Å²) in [6, 6.07) is 5.13. The molecule has 2 aliphatic rings. The van der Waals surface area contributed by atoms with Crippen LogP contribution in [0.15, 0.2) is 36.7 Å². The lowest BCUT2D eigenvalue weighted by molar-refractivity contribution is -0.141. The van der Waals surface area contributed by atoms with Crippen LogP contribution in [0.4, 0.5) is 13.2 Å². The minimum atomic E-state index is -4.45. The second-order valence-corrected chi connectivity index (χ2v) is 8.23. The van der Waals surface area contributed by atoms with Gasteiger partial charge in [-0.05, 0) is 25.0 Å². The first kappa shape index (κ1) is 20.7. The van der Waals surface area contributed by atoms with Gasteiger partial charge in [0, 0.05) is 48.4 Å². The van der Waals surface area contributed by atoms with Crippen molar-refractivity contribution in [2.24, 2.45) is 0 Å². The van der Waals surface area contributed by atoms with E-state index in [1.54, 1.807) is 17.2 Å². The Bertz CT molecular complexity index is 1210. The van der Waals surface area contributed by atoms with E-state index >= 15 is 0 Å². The molecule has 0 N–H and O–H groups in total. The summed E-state index contributed by atoms with van der Waals surface area (Å²) in [7, 11) is 0. The van der Waals surface area contributed by atoms with Crippen LogP contribution in [0.25, 0.3) is 16.5 Å². The van der Waals surface area contributed by atoms with E-state index in [-0.39, 0.29) is 17.1 Å². The van der Waals surface area contributed by atoms with Crippen molar-refractivity contribution in [1.29, 1.82) is 0 Å². The van der Waals surface area contributed by atoms with Crippen LogP contribution in [0, 0.1) is 0 Å². The quantitative estimate of drug-likeness (QED) is 0.605. The Labute approximate surface area is 182 Å². The van der Waals surface area contributed by atoms with Crippen molar-refractivity contribution in [2.75, 3.05) is 13.1 Å². The maximum Gasteiger partial charge on any atom is 0.408 e. The zero-order valence-electron chi connectivity index (χ0n) is 17.4. The van der Waals surface area contributed by atoms with Gasteiger partial charge < -0.3 is 4.90 Å². The van der Waals surface area contributed by atoms with Gasteiger partial charge in [0.25, 0.3) is 5.91 Å². The minimum Gasteiger partial charge on any atom is -0.337 e. The van der Waals surface area contributed by atoms with Crippen molar-refractivity contribution in [2.45, 2.75) is 44.8 Å². The first-order valence-corrected chi connectivity index (χ1v) is 10.8. The molecule has 3 aromatic rings. The average Bonchev–Trinajstić information content (AvgIpc) is 3.21. The molecule has 5 rings (SSSR count). The molecule has 0 atom stereocenters. The van der Waals surface area contributed by atoms with E-state index in [0.29, 0.717) is 30.6 Å². The van der Waals surface area contributed by atoms with E-state index in [0.717, 1.165) is 47.2 Å². The summed E-state index contributed by atoms with van der Waals surface area (Å²) in [5, 5.41) is 4.81. The van der Waals surface area contributed by atoms with Crippen LogP contribution in [0.3, 0.4) is 0 Å². The highest BCUT2D eigenvalue weighted by molar-refractivity contribution is 6.00. The number of pyridine rings is 2. The van der Waals surface area contributed by atoms with Crippen molar-refractivity contribution in [3.63, 3.8) is 0 Å². The highest BCUT2D eigenvalue weighted by atomic mass is 19.4. The van der Waals surface area contributed by atoms with Crippen LogP contribution in [-0.2, 0) is 13.0 Å². The number of aromatic nitrogens is 4. The number of carbonyl (C=O) groups is 1. The number of rotatable bonds is 3. The van der Waals surface area contributed by atoms with Crippen molar-refractivity contribution < 1.29 is 18.0 Å². The molecule has 166 valence electrons. The number of hydrogen-bond donors (Lipinski definition) is 0. The van der Waals surface area contributed by atoms with Gasteiger partial charge in [0.05, 0.1) is 11.2 Å². The summed E-state index contributed by atoms with van der Waals surface area (Å²) in [5.41, 5.74) is 3.29. The fraction of sp³-hybridized carbons (Fsp3) is 0.391. The average molecular weight is 441 g/mol. The number of hydrogen-bond acceptors (Lipinski definition) is 4. The maximum atomic E-state index is 13.3. The summed E-state index contributed by atoms with van der Waals surface area (Å²) in [5.74, 6) is -0.246. The lowest BCUT2D eigenvalue weighted by Crippen LogP contribution is -2.32. The number of carbonyl (C=O) groups excluding carboxylic acids is 1. The van der Waals surface area contributed by atoms with Gasteiger partial charge in [0.2, 0.25) is 0 Å². The molecule has 6 nitrogen and oxygen atoms in total. The summed E-state index contributed by atoms with van der Waals surface area (Å²) in [4.78, 5) is 23.4. The molecule has 0 spiro atoms. The van der Waals surface area contributed by atoms with Gasteiger partial charge in [-0.3, -0.25) is 19.4 Å². The Hall–Kier alpha value is -3.23. The predicted octanol–water partition coefficient (Wildman–Crippen LogP) is 4.39. The summed E-state index contributed by atoms with van der Waals surface area (Å²) in [6.07, 6.45) is 5.23. The van der Waals surface area contributed by atoms with Crippen molar-refractivity contribution >= 4 is 22.4 Å². The first-order valence-electron chi connectivity index (χ1n) is 10.8. The van der Waals surface area contributed by atoms with E-state index in [1.807, 2.05) is 12.1 Å². The summed E-state index contributed by atoms with van der Waals surface area (Å²) >= 11 is 0. The maximum absolute atomic E-state index is 13.3. The van der Waals surface area contributed by atoms with Gasteiger partial charge in [-0.25, -0.2) is 0 Å². The van der Waals surface area contributed by atoms with Crippen LogP contribution in [-0.4, -0.2) is 49.8 Å². The number of allylic oxidation sites excluding steroid dienone is 1. The summed E-state index contributed by atoms with van der Waals surface area (Å²) < 4.78 is 40.9. The predicted molar refractivity (Wildman–Crippen MR) is 113 cm³/mol. The minimum absolute atomic E-state index is 0.150. The van der Waals surface area contributed by atoms with Crippen LogP contribution in [0.5, 0.6) is 0 Å². The van der Waals surface area contributed by atoms with E-state index in [2.05, 4.69) is 15.1 Å². The molecule has 3 aromatic heterocycles. The Morgan fingerprint density at radius 3 is 2.62 bits per heavy atom. The number of likely N-dealkylation sites (tertiary alicyclic amines) is 1. The molecule has 1 aliphatic carbocycles. The molecule has 0 saturated carbocycles. The Morgan fingerprint density at radius 1 is 1.09 bits per heavy atom. The number of amides is 1. The van der Waals surface area contributed by atoms with Crippen molar-refractivity contribution in [1.82, 2.24) is 24.6 Å². The fourth-order valence-corrected chi connectivity index (χ4v) is 4.49. The third-order valence-electron chi connectivity index (χ3n) is 6.01. The van der Waals surface area contributed by atoms with Crippen LogP contribution in [0.1, 0.15) is 53.1 Å². The van der Waals surface area contributed by atoms with E-state index < -0.39 is 12.7 Å². The van der Waals surface area contributed by atoms with Crippen LogP contribution >= 0.6 is 0 Å². The zero-order valence-corrected chi connectivity index (χ0v) is 17.4. The van der Waals surface area contributed by atoms with E-state index in [1.165, 1.54) is 12.3 Å². The second kappa shape index (κ2) is 8.03. The molecule has 9 heteroatoms. The third kappa shape index (κ3) is 3.87. The SMILES string of the molecule is O=C(c1cc2c(cn1)c(C1=CCc3ncccc31)nn2CC(F)(F)F)N1CCCCCC1. The van der Waals surface area contributed by atoms with Crippen LogP contribution in [0.2, 0.25) is 0 Å². The molecule has 0 unspecified atom stereocenters. The highest BCUT2D eigenvalue weighted by Gasteiger charge is 2.31. The van der Waals surface area contributed by atoms with Gasteiger partial charge in [0.1, 0.15) is 17.9 Å². The Balaban J connectivity index is 1.59. The molecule has 1 aliphatic heterocycles. The zero-order chi connectivity index (χ0) is 22.3.